The van der Waals surface area contributed by atoms with Gasteiger partial charge in [0.2, 0.25) is 5.91 Å². The Morgan fingerprint density at radius 1 is 1.43 bits per heavy atom. The van der Waals surface area contributed by atoms with Gasteiger partial charge in [-0.25, -0.2) is 0 Å². The number of hydrogen-bond donors (Lipinski definition) is 2. The quantitative estimate of drug-likeness (QED) is 0.872. The summed E-state index contributed by atoms with van der Waals surface area (Å²) < 4.78 is 0. The Labute approximate surface area is 126 Å². The summed E-state index contributed by atoms with van der Waals surface area (Å²) >= 11 is 0. The molecule has 2 heterocycles. The SMILES string of the molecule is CCCN1Cc2cccc(NC(=O)C(C)C3CNC3)c2C1. The number of anilines is 1. The third-order valence-corrected chi connectivity index (χ3v) is 4.78. The Bertz CT molecular complexity index is 525. The van der Waals surface area contributed by atoms with Crippen LogP contribution in [0.5, 0.6) is 0 Å². The maximum Gasteiger partial charge on any atom is 0.227 e. The number of hydrogen-bond acceptors (Lipinski definition) is 3. The van der Waals surface area contributed by atoms with Crippen LogP contribution in [0.25, 0.3) is 0 Å². The fourth-order valence-corrected chi connectivity index (χ4v) is 3.21. The van der Waals surface area contributed by atoms with Crippen molar-refractivity contribution in [2.24, 2.45) is 11.8 Å². The van der Waals surface area contributed by atoms with Crippen molar-refractivity contribution < 1.29 is 4.79 Å². The normalized spacial score (nSPS) is 19.9. The first-order valence-electron chi connectivity index (χ1n) is 8.03. The van der Waals surface area contributed by atoms with Crippen molar-refractivity contribution in [3.8, 4) is 0 Å². The van der Waals surface area contributed by atoms with Gasteiger partial charge in [-0.2, -0.15) is 0 Å². The number of rotatable bonds is 5. The first-order chi connectivity index (χ1) is 10.2. The summed E-state index contributed by atoms with van der Waals surface area (Å²) in [5, 5.41) is 6.40. The summed E-state index contributed by atoms with van der Waals surface area (Å²) in [6, 6.07) is 6.28. The van der Waals surface area contributed by atoms with E-state index in [1.165, 1.54) is 17.5 Å². The molecule has 4 heteroatoms. The van der Waals surface area contributed by atoms with Gasteiger partial charge in [0.1, 0.15) is 0 Å². The van der Waals surface area contributed by atoms with Crippen molar-refractivity contribution in [2.75, 3.05) is 25.0 Å². The highest BCUT2D eigenvalue weighted by Gasteiger charge is 2.29. The molecule has 0 radical (unpaired) electrons. The first kappa shape index (κ1) is 14.5. The molecule has 1 fully saturated rings. The topological polar surface area (TPSA) is 44.4 Å². The van der Waals surface area contributed by atoms with Crippen LogP contribution in [0, 0.1) is 11.8 Å². The van der Waals surface area contributed by atoms with Crippen molar-refractivity contribution in [3.05, 3.63) is 29.3 Å². The zero-order valence-corrected chi connectivity index (χ0v) is 13.0. The molecule has 0 aromatic heterocycles. The van der Waals surface area contributed by atoms with Crippen molar-refractivity contribution in [1.82, 2.24) is 10.2 Å². The molecule has 114 valence electrons. The lowest BCUT2D eigenvalue weighted by Crippen LogP contribution is -2.48. The number of carbonyl (C=O) groups is 1. The van der Waals surface area contributed by atoms with Gasteiger partial charge in [-0.1, -0.05) is 26.0 Å². The van der Waals surface area contributed by atoms with E-state index in [0.717, 1.165) is 38.4 Å². The van der Waals surface area contributed by atoms with Gasteiger partial charge in [0.05, 0.1) is 0 Å². The average Bonchev–Trinajstić information content (AvgIpc) is 2.80. The lowest BCUT2D eigenvalue weighted by atomic mass is 9.88. The molecule has 2 N–H and O–H groups in total. The van der Waals surface area contributed by atoms with Crippen LogP contribution < -0.4 is 10.6 Å². The summed E-state index contributed by atoms with van der Waals surface area (Å²) in [4.78, 5) is 14.8. The van der Waals surface area contributed by atoms with E-state index in [9.17, 15) is 4.79 Å². The fourth-order valence-electron chi connectivity index (χ4n) is 3.21. The zero-order chi connectivity index (χ0) is 14.8. The molecule has 0 spiro atoms. The highest BCUT2D eigenvalue weighted by atomic mass is 16.1. The van der Waals surface area contributed by atoms with Crippen LogP contribution in [0.4, 0.5) is 5.69 Å². The van der Waals surface area contributed by atoms with Crippen LogP contribution in [-0.2, 0) is 17.9 Å². The van der Waals surface area contributed by atoms with Crippen molar-refractivity contribution >= 4 is 11.6 Å². The van der Waals surface area contributed by atoms with Crippen LogP contribution in [0.3, 0.4) is 0 Å². The Hall–Kier alpha value is -1.39. The van der Waals surface area contributed by atoms with Gasteiger partial charge in [-0.15, -0.1) is 0 Å². The van der Waals surface area contributed by atoms with Crippen molar-refractivity contribution in [3.63, 3.8) is 0 Å². The minimum Gasteiger partial charge on any atom is -0.326 e. The number of carbonyl (C=O) groups excluding carboxylic acids is 1. The van der Waals surface area contributed by atoms with Gasteiger partial charge in [-0.05, 0) is 49.2 Å². The van der Waals surface area contributed by atoms with E-state index in [4.69, 9.17) is 0 Å². The predicted molar refractivity (Wildman–Crippen MR) is 85.0 cm³/mol. The van der Waals surface area contributed by atoms with Gasteiger partial charge in [-0.3, -0.25) is 9.69 Å². The highest BCUT2D eigenvalue weighted by Crippen LogP contribution is 2.30. The smallest absolute Gasteiger partial charge is 0.227 e. The number of benzene rings is 1. The molecule has 1 saturated heterocycles. The highest BCUT2D eigenvalue weighted by molar-refractivity contribution is 5.93. The van der Waals surface area contributed by atoms with Crippen molar-refractivity contribution in [1.29, 1.82) is 0 Å². The van der Waals surface area contributed by atoms with Gasteiger partial charge < -0.3 is 10.6 Å². The average molecular weight is 287 g/mol. The molecule has 21 heavy (non-hydrogen) atoms. The molecule has 1 aromatic rings. The lowest BCUT2D eigenvalue weighted by Gasteiger charge is -2.31. The molecule has 4 nitrogen and oxygen atoms in total. The molecular formula is C17H25N3O. The summed E-state index contributed by atoms with van der Waals surface area (Å²) in [5.41, 5.74) is 3.67. The molecule has 1 aromatic carbocycles. The monoisotopic (exact) mass is 287 g/mol. The lowest BCUT2D eigenvalue weighted by molar-refractivity contribution is -0.121. The minimum absolute atomic E-state index is 0.0789. The first-order valence-corrected chi connectivity index (χ1v) is 8.03. The predicted octanol–water partition coefficient (Wildman–Crippen LogP) is 2.21. The Morgan fingerprint density at radius 3 is 2.90 bits per heavy atom. The Morgan fingerprint density at radius 2 is 2.24 bits per heavy atom. The maximum atomic E-state index is 12.4. The Balaban J connectivity index is 1.69. The minimum atomic E-state index is 0.0789. The molecule has 1 atom stereocenters. The number of nitrogens with zero attached hydrogens (tertiary/aromatic N) is 1. The molecule has 0 bridgehead atoms. The van der Waals surface area contributed by atoms with Gasteiger partial charge in [0.25, 0.3) is 0 Å². The summed E-state index contributed by atoms with van der Waals surface area (Å²) in [7, 11) is 0. The molecule has 3 rings (SSSR count). The van der Waals surface area contributed by atoms with E-state index in [2.05, 4.69) is 34.6 Å². The van der Waals surface area contributed by atoms with Crippen LogP contribution in [0.15, 0.2) is 18.2 Å². The summed E-state index contributed by atoms with van der Waals surface area (Å²) in [5.74, 6) is 0.720. The van der Waals surface area contributed by atoms with Crippen LogP contribution in [0.2, 0.25) is 0 Å². The van der Waals surface area contributed by atoms with E-state index >= 15 is 0 Å². The van der Waals surface area contributed by atoms with Gasteiger partial charge in [0.15, 0.2) is 0 Å². The van der Waals surface area contributed by atoms with Crippen LogP contribution in [0.1, 0.15) is 31.4 Å². The number of nitrogens with one attached hydrogen (secondary N) is 2. The zero-order valence-electron chi connectivity index (χ0n) is 13.0. The summed E-state index contributed by atoms with van der Waals surface area (Å²) in [6.45, 7) is 9.26. The molecular weight excluding hydrogens is 262 g/mol. The van der Waals surface area contributed by atoms with Crippen LogP contribution >= 0.6 is 0 Å². The van der Waals surface area contributed by atoms with E-state index in [0.29, 0.717) is 5.92 Å². The maximum absolute atomic E-state index is 12.4. The third-order valence-electron chi connectivity index (χ3n) is 4.78. The molecule has 2 aliphatic heterocycles. The van der Waals surface area contributed by atoms with Gasteiger partial charge in [0, 0.05) is 24.7 Å². The molecule has 0 aliphatic carbocycles. The second-order valence-corrected chi connectivity index (χ2v) is 6.35. The van der Waals surface area contributed by atoms with Gasteiger partial charge >= 0.3 is 0 Å². The van der Waals surface area contributed by atoms with E-state index in [1.807, 2.05) is 13.0 Å². The van der Waals surface area contributed by atoms with Crippen LogP contribution in [-0.4, -0.2) is 30.4 Å². The summed E-state index contributed by atoms with van der Waals surface area (Å²) in [6.07, 6.45) is 1.17. The van der Waals surface area contributed by atoms with E-state index in [-0.39, 0.29) is 11.8 Å². The number of fused-ring (bicyclic) bond motifs is 1. The second kappa shape index (κ2) is 6.16. The molecule has 1 unspecified atom stereocenters. The van der Waals surface area contributed by atoms with E-state index in [1.54, 1.807) is 0 Å². The largest absolute Gasteiger partial charge is 0.326 e. The number of amides is 1. The van der Waals surface area contributed by atoms with Crippen molar-refractivity contribution in [2.45, 2.75) is 33.4 Å². The third kappa shape index (κ3) is 2.97. The molecule has 0 saturated carbocycles. The standard InChI is InChI=1S/C17H25N3O/c1-3-7-20-10-13-5-4-6-16(15(13)11-20)19-17(21)12(2)14-8-18-9-14/h4-6,12,14,18H,3,7-11H2,1-2H3,(H,19,21). The second-order valence-electron chi connectivity index (χ2n) is 6.35. The Kier molecular flexibility index (Phi) is 4.27. The van der Waals surface area contributed by atoms with E-state index < -0.39 is 0 Å². The molecule has 2 aliphatic rings. The fraction of sp³-hybridized carbons (Fsp3) is 0.588. The molecule has 1 amide bonds.